The zero-order valence-electron chi connectivity index (χ0n) is 16.9. The van der Waals surface area contributed by atoms with Gasteiger partial charge in [-0.15, -0.1) is 0 Å². The molecule has 1 aliphatic heterocycles. The monoisotopic (exact) mass is 421 g/mol. The zero-order chi connectivity index (χ0) is 20.8. The largest absolute Gasteiger partial charge is 0.297 e. The Hall–Kier alpha value is -2.54. The van der Waals surface area contributed by atoms with Gasteiger partial charge in [0.05, 0.1) is 10.6 Å². The minimum Gasteiger partial charge on any atom is -0.297 e. The molecule has 0 atom stereocenters. The number of benzene rings is 2. The van der Waals surface area contributed by atoms with Crippen LogP contribution in [0.15, 0.2) is 83.9 Å². The van der Waals surface area contributed by atoms with Gasteiger partial charge in [0, 0.05) is 19.3 Å². The fourth-order valence-corrected chi connectivity index (χ4v) is 4.95. The Balaban J connectivity index is 1.28. The van der Waals surface area contributed by atoms with Crippen molar-refractivity contribution in [1.82, 2.24) is 14.6 Å². The first kappa shape index (κ1) is 20.7. The molecule has 30 heavy (non-hydrogen) atoms. The summed E-state index contributed by atoms with van der Waals surface area (Å²) in [4.78, 5) is 7.09. The minimum absolute atomic E-state index is 0.315. The molecule has 2 aromatic carbocycles. The lowest BCUT2D eigenvalue weighted by Crippen LogP contribution is -2.38. The van der Waals surface area contributed by atoms with Gasteiger partial charge in [-0.2, -0.15) is 0 Å². The highest BCUT2D eigenvalue weighted by Gasteiger charge is 2.22. The molecule has 4 rings (SSSR count). The number of nitrogens with zero attached hydrogens (tertiary/aromatic N) is 2. The normalized spacial score (nSPS) is 15.9. The predicted octanol–water partition coefficient (Wildman–Crippen LogP) is 3.94. The van der Waals surface area contributed by atoms with Crippen molar-refractivity contribution in [1.29, 1.82) is 0 Å². The Kier molecular flexibility index (Phi) is 6.57. The lowest BCUT2D eigenvalue weighted by molar-refractivity contribution is 0.177. The average molecular weight is 422 g/mol. The molecule has 2 heterocycles. The third-order valence-electron chi connectivity index (χ3n) is 5.65. The van der Waals surface area contributed by atoms with E-state index in [0.29, 0.717) is 17.4 Å². The molecular weight excluding hydrogens is 394 g/mol. The quantitative estimate of drug-likeness (QED) is 0.628. The molecule has 0 radical (unpaired) electrons. The first-order valence-corrected chi connectivity index (χ1v) is 11.9. The lowest BCUT2D eigenvalue weighted by atomic mass is 9.97. The number of hydrogen-bond donors (Lipinski definition) is 1. The van der Waals surface area contributed by atoms with Crippen LogP contribution < -0.4 is 4.72 Å². The summed E-state index contributed by atoms with van der Waals surface area (Å²) in [5, 5.41) is 0. The lowest BCUT2D eigenvalue weighted by Gasteiger charge is -2.31. The first-order valence-electron chi connectivity index (χ1n) is 10.4. The number of likely N-dealkylation sites (tertiary alicyclic amines) is 1. The fraction of sp³-hybridized carbons (Fsp3) is 0.292. The Morgan fingerprint density at radius 3 is 2.20 bits per heavy atom. The van der Waals surface area contributed by atoms with Gasteiger partial charge >= 0.3 is 0 Å². The van der Waals surface area contributed by atoms with Crippen LogP contribution in [0.3, 0.4) is 0 Å². The van der Waals surface area contributed by atoms with Crippen LogP contribution in [-0.2, 0) is 16.6 Å². The first-order chi connectivity index (χ1) is 14.6. The van der Waals surface area contributed by atoms with Gasteiger partial charge in [0.25, 0.3) is 0 Å². The summed E-state index contributed by atoms with van der Waals surface area (Å²) in [6.45, 7) is 3.27. The van der Waals surface area contributed by atoms with Crippen molar-refractivity contribution in [3.63, 3.8) is 0 Å². The number of rotatable bonds is 7. The van der Waals surface area contributed by atoms with E-state index in [1.807, 2.05) is 66.9 Å². The summed E-state index contributed by atoms with van der Waals surface area (Å²) in [5.74, 6) is 0.364. The molecule has 1 aromatic heterocycles. The molecule has 3 aromatic rings. The van der Waals surface area contributed by atoms with Gasteiger partial charge in [0.15, 0.2) is 0 Å². The molecule has 5 nitrogen and oxygen atoms in total. The van der Waals surface area contributed by atoms with Crippen LogP contribution in [0.25, 0.3) is 11.1 Å². The Morgan fingerprint density at radius 1 is 0.867 bits per heavy atom. The molecule has 1 N–H and O–H groups in total. The molecule has 0 saturated carbocycles. The maximum absolute atomic E-state index is 12.7. The SMILES string of the molecule is O=S(=O)(NCC1CCN(Cc2ccccn2)CC1)c1ccc(-c2ccccc2)cc1. The van der Waals surface area contributed by atoms with Gasteiger partial charge in [-0.3, -0.25) is 9.88 Å². The van der Waals surface area contributed by atoms with Gasteiger partial charge < -0.3 is 0 Å². The minimum atomic E-state index is -3.49. The van der Waals surface area contributed by atoms with Gasteiger partial charge in [-0.05, 0) is 67.2 Å². The van der Waals surface area contributed by atoms with E-state index in [4.69, 9.17) is 0 Å². The van der Waals surface area contributed by atoms with Crippen molar-refractivity contribution in [3.8, 4) is 11.1 Å². The standard InChI is InChI=1S/C24H27N3O2S/c28-30(29,24-11-9-22(10-12-24)21-6-2-1-3-7-21)26-18-20-13-16-27(17-14-20)19-23-8-4-5-15-25-23/h1-12,15,20,26H,13-14,16-19H2. The Morgan fingerprint density at radius 2 is 1.53 bits per heavy atom. The summed E-state index contributed by atoms with van der Waals surface area (Å²) in [6, 6.07) is 23.0. The molecule has 0 unspecified atom stereocenters. The smallest absolute Gasteiger partial charge is 0.240 e. The van der Waals surface area contributed by atoms with Crippen molar-refractivity contribution in [2.75, 3.05) is 19.6 Å². The van der Waals surface area contributed by atoms with Crippen molar-refractivity contribution >= 4 is 10.0 Å². The van der Waals surface area contributed by atoms with E-state index in [-0.39, 0.29) is 0 Å². The molecule has 1 fully saturated rings. The maximum atomic E-state index is 12.7. The van der Waals surface area contributed by atoms with Crippen LogP contribution in [0.4, 0.5) is 0 Å². The molecule has 1 aliphatic rings. The Labute approximate surface area is 178 Å². The topological polar surface area (TPSA) is 62.3 Å². The van der Waals surface area contributed by atoms with Gasteiger partial charge in [0.2, 0.25) is 10.0 Å². The summed E-state index contributed by atoms with van der Waals surface area (Å²) in [6.07, 6.45) is 3.80. The summed E-state index contributed by atoms with van der Waals surface area (Å²) < 4.78 is 28.2. The van der Waals surface area contributed by atoms with E-state index in [0.717, 1.165) is 49.3 Å². The van der Waals surface area contributed by atoms with Crippen LogP contribution in [0.5, 0.6) is 0 Å². The van der Waals surface area contributed by atoms with Crippen LogP contribution in [0.2, 0.25) is 0 Å². The molecule has 0 bridgehead atoms. The van der Waals surface area contributed by atoms with Crippen molar-refractivity contribution in [2.45, 2.75) is 24.3 Å². The van der Waals surface area contributed by atoms with Crippen molar-refractivity contribution in [3.05, 3.63) is 84.7 Å². The molecule has 0 spiro atoms. The molecule has 0 aliphatic carbocycles. The number of nitrogens with one attached hydrogen (secondary N) is 1. The van der Waals surface area contributed by atoms with Crippen LogP contribution >= 0.6 is 0 Å². The van der Waals surface area contributed by atoms with Crippen LogP contribution in [0.1, 0.15) is 18.5 Å². The highest BCUT2D eigenvalue weighted by molar-refractivity contribution is 7.89. The van der Waals surface area contributed by atoms with Gasteiger partial charge in [-0.25, -0.2) is 13.1 Å². The zero-order valence-corrected chi connectivity index (χ0v) is 17.8. The van der Waals surface area contributed by atoms with Crippen LogP contribution in [-0.4, -0.2) is 37.9 Å². The van der Waals surface area contributed by atoms with Gasteiger partial charge in [0.1, 0.15) is 0 Å². The molecule has 156 valence electrons. The van der Waals surface area contributed by atoms with Crippen molar-refractivity contribution in [2.24, 2.45) is 5.92 Å². The second kappa shape index (κ2) is 9.51. The summed E-state index contributed by atoms with van der Waals surface area (Å²) >= 11 is 0. The number of piperidine rings is 1. The van der Waals surface area contributed by atoms with E-state index < -0.39 is 10.0 Å². The maximum Gasteiger partial charge on any atom is 0.240 e. The third-order valence-corrected chi connectivity index (χ3v) is 7.09. The molecule has 1 saturated heterocycles. The molecule has 0 amide bonds. The second-order valence-electron chi connectivity index (χ2n) is 7.78. The van der Waals surface area contributed by atoms with E-state index in [1.165, 1.54) is 0 Å². The van der Waals surface area contributed by atoms with E-state index in [2.05, 4.69) is 14.6 Å². The van der Waals surface area contributed by atoms with E-state index in [1.54, 1.807) is 12.1 Å². The highest BCUT2D eigenvalue weighted by Crippen LogP contribution is 2.22. The predicted molar refractivity (Wildman–Crippen MR) is 119 cm³/mol. The number of pyridine rings is 1. The second-order valence-corrected chi connectivity index (χ2v) is 9.55. The number of sulfonamides is 1. The third kappa shape index (κ3) is 5.33. The average Bonchev–Trinajstić information content (AvgIpc) is 2.80. The summed E-state index contributed by atoms with van der Waals surface area (Å²) in [7, 11) is -3.49. The van der Waals surface area contributed by atoms with E-state index >= 15 is 0 Å². The molecule has 6 heteroatoms. The molecular formula is C24H27N3O2S. The van der Waals surface area contributed by atoms with Crippen molar-refractivity contribution < 1.29 is 8.42 Å². The van der Waals surface area contributed by atoms with Gasteiger partial charge in [-0.1, -0.05) is 48.5 Å². The fourth-order valence-electron chi connectivity index (χ4n) is 3.84. The van der Waals surface area contributed by atoms with Crippen LogP contribution in [0, 0.1) is 5.92 Å². The number of hydrogen-bond acceptors (Lipinski definition) is 4. The summed E-state index contributed by atoms with van der Waals surface area (Å²) in [5.41, 5.74) is 3.16. The van der Waals surface area contributed by atoms with E-state index in [9.17, 15) is 8.42 Å². The Bertz CT molecular complexity index is 1030. The number of aromatic nitrogens is 1. The highest BCUT2D eigenvalue weighted by atomic mass is 32.2.